The zero-order valence-corrected chi connectivity index (χ0v) is 21.2. The minimum absolute atomic E-state index is 0.0246. The Labute approximate surface area is 214 Å². The Morgan fingerprint density at radius 3 is 2.46 bits per heavy atom. The van der Waals surface area contributed by atoms with Crippen LogP contribution >= 0.6 is 0 Å². The fourth-order valence-corrected chi connectivity index (χ4v) is 5.39. The van der Waals surface area contributed by atoms with Crippen molar-refractivity contribution in [1.82, 2.24) is 15.1 Å². The molecule has 1 aromatic heterocycles. The van der Waals surface area contributed by atoms with Crippen LogP contribution < -0.4 is 15.5 Å². The van der Waals surface area contributed by atoms with Gasteiger partial charge in [0, 0.05) is 50.5 Å². The molecular formula is C28H33F4N5. The second-order valence-electron chi connectivity index (χ2n) is 10.2. The average Bonchev–Trinajstić information content (AvgIpc) is 3.64. The number of nitrogens with zero attached hydrogens (tertiary/aromatic N) is 3. The van der Waals surface area contributed by atoms with Gasteiger partial charge in [-0.2, -0.15) is 18.3 Å². The Hall–Kier alpha value is -3.07. The van der Waals surface area contributed by atoms with Crippen molar-refractivity contribution in [3.8, 4) is 0 Å². The molecule has 0 spiro atoms. The molecule has 0 bridgehead atoms. The van der Waals surface area contributed by atoms with E-state index in [-0.39, 0.29) is 30.0 Å². The van der Waals surface area contributed by atoms with Crippen LogP contribution in [0, 0.1) is 5.82 Å². The van der Waals surface area contributed by atoms with Crippen molar-refractivity contribution in [2.24, 2.45) is 7.05 Å². The molecule has 37 heavy (non-hydrogen) atoms. The van der Waals surface area contributed by atoms with Gasteiger partial charge in [0.15, 0.2) is 5.82 Å². The van der Waals surface area contributed by atoms with Crippen LogP contribution in [0.4, 0.5) is 29.1 Å². The maximum atomic E-state index is 14.7. The molecule has 2 heterocycles. The molecule has 2 N–H and O–H groups in total. The summed E-state index contributed by atoms with van der Waals surface area (Å²) in [6.45, 7) is 3.62. The number of piperidine rings is 1. The van der Waals surface area contributed by atoms with Gasteiger partial charge in [0.2, 0.25) is 0 Å². The summed E-state index contributed by atoms with van der Waals surface area (Å²) in [6.07, 6.45) is 1.52. The molecule has 0 radical (unpaired) electrons. The van der Waals surface area contributed by atoms with E-state index in [1.807, 2.05) is 19.2 Å². The van der Waals surface area contributed by atoms with E-state index in [1.165, 1.54) is 12.1 Å². The number of halogens is 4. The Balaban J connectivity index is 1.21. The molecule has 1 aliphatic heterocycles. The van der Waals surface area contributed by atoms with E-state index in [9.17, 15) is 17.6 Å². The molecule has 1 saturated carbocycles. The molecule has 1 atom stereocenters. The van der Waals surface area contributed by atoms with Crippen molar-refractivity contribution in [2.75, 3.05) is 23.3 Å². The monoisotopic (exact) mass is 515 g/mol. The van der Waals surface area contributed by atoms with E-state index in [2.05, 4.69) is 26.7 Å². The maximum absolute atomic E-state index is 14.7. The molecule has 2 aromatic carbocycles. The van der Waals surface area contributed by atoms with Gasteiger partial charge in [-0.15, -0.1) is 0 Å². The fourth-order valence-electron chi connectivity index (χ4n) is 5.39. The van der Waals surface area contributed by atoms with Gasteiger partial charge in [0.05, 0.1) is 11.3 Å². The van der Waals surface area contributed by atoms with Crippen LogP contribution in [0.3, 0.4) is 0 Å². The molecule has 2 aliphatic rings. The van der Waals surface area contributed by atoms with Gasteiger partial charge in [-0.05, 0) is 61.8 Å². The van der Waals surface area contributed by atoms with Crippen LogP contribution in [0.5, 0.6) is 0 Å². The number of hydrogen-bond acceptors (Lipinski definition) is 4. The fraction of sp³-hybridized carbons (Fsp3) is 0.464. The molecule has 0 amide bonds. The molecule has 198 valence electrons. The highest BCUT2D eigenvalue weighted by Crippen LogP contribution is 2.45. The van der Waals surface area contributed by atoms with Gasteiger partial charge in [0.1, 0.15) is 5.82 Å². The predicted octanol–water partition coefficient (Wildman–Crippen LogP) is 6.39. The Kier molecular flexibility index (Phi) is 7.16. The molecular weight excluding hydrogens is 482 g/mol. The molecule has 2 fully saturated rings. The lowest BCUT2D eigenvalue weighted by Gasteiger charge is -2.36. The van der Waals surface area contributed by atoms with Gasteiger partial charge in [-0.25, -0.2) is 4.39 Å². The molecule has 1 saturated heterocycles. The predicted molar refractivity (Wildman–Crippen MR) is 137 cm³/mol. The maximum Gasteiger partial charge on any atom is 0.416 e. The molecule has 5 nitrogen and oxygen atoms in total. The summed E-state index contributed by atoms with van der Waals surface area (Å²) in [5, 5.41) is 11.2. The standard InChI is InChI=1S/C28H33F4N5/c1-18(23-17-36(2)35-27(23)33-16-20-6-3-4-8-24(20)28(30,31)32)34-21-12-14-37(15-13-21)26-22(19-10-11-19)7-5-9-25(26)29/h3-9,17-19,21,34H,10-16H2,1-2H3,(H,33,35). The van der Waals surface area contributed by atoms with Gasteiger partial charge in [-0.3, -0.25) is 4.68 Å². The zero-order chi connectivity index (χ0) is 26.2. The highest BCUT2D eigenvalue weighted by molar-refractivity contribution is 5.58. The molecule has 5 rings (SSSR count). The first-order valence-corrected chi connectivity index (χ1v) is 12.9. The number of benzene rings is 2. The Bertz CT molecular complexity index is 1230. The lowest BCUT2D eigenvalue weighted by Crippen LogP contribution is -2.43. The van der Waals surface area contributed by atoms with Crippen LogP contribution in [-0.2, 0) is 19.8 Å². The smallest absolute Gasteiger partial charge is 0.369 e. The zero-order valence-electron chi connectivity index (χ0n) is 21.2. The summed E-state index contributed by atoms with van der Waals surface area (Å²) in [6, 6.07) is 11.2. The molecule has 9 heteroatoms. The minimum atomic E-state index is -4.41. The second-order valence-corrected chi connectivity index (χ2v) is 10.2. The minimum Gasteiger partial charge on any atom is -0.369 e. The topological polar surface area (TPSA) is 45.1 Å². The molecule has 1 aliphatic carbocycles. The number of aryl methyl sites for hydroxylation is 1. The van der Waals surface area contributed by atoms with Crippen molar-refractivity contribution < 1.29 is 17.6 Å². The second kappa shape index (κ2) is 10.4. The van der Waals surface area contributed by atoms with Crippen molar-refractivity contribution in [2.45, 2.75) is 63.3 Å². The molecule has 1 unspecified atom stereocenters. The SMILES string of the molecule is CC(NC1CCN(c2c(F)cccc2C2CC2)CC1)c1cn(C)nc1NCc1ccccc1C(F)(F)F. The summed E-state index contributed by atoms with van der Waals surface area (Å²) in [5.74, 6) is 0.917. The number of para-hydroxylation sites is 1. The van der Waals surface area contributed by atoms with E-state index in [4.69, 9.17) is 0 Å². The summed E-state index contributed by atoms with van der Waals surface area (Å²) < 4.78 is 56.6. The van der Waals surface area contributed by atoms with Gasteiger partial charge >= 0.3 is 6.18 Å². The largest absolute Gasteiger partial charge is 0.416 e. The van der Waals surface area contributed by atoms with Crippen LogP contribution in [0.25, 0.3) is 0 Å². The third-order valence-electron chi connectivity index (χ3n) is 7.42. The van der Waals surface area contributed by atoms with Gasteiger partial charge in [0.25, 0.3) is 0 Å². The quantitative estimate of drug-likeness (QED) is 0.342. The van der Waals surface area contributed by atoms with Crippen LogP contribution in [0.1, 0.15) is 66.8 Å². The van der Waals surface area contributed by atoms with E-state index in [0.29, 0.717) is 11.7 Å². The van der Waals surface area contributed by atoms with Gasteiger partial charge in [-0.1, -0.05) is 30.3 Å². The third kappa shape index (κ3) is 5.76. The normalized spacial score (nSPS) is 17.7. The lowest BCUT2D eigenvalue weighted by atomic mass is 9.99. The van der Waals surface area contributed by atoms with Crippen molar-refractivity contribution in [3.05, 3.63) is 76.7 Å². The van der Waals surface area contributed by atoms with E-state index in [1.54, 1.807) is 23.9 Å². The van der Waals surface area contributed by atoms with Gasteiger partial charge < -0.3 is 15.5 Å². The first-order chi connectivity index (χ1) is 17.7. The number of nitrogens with one attached hydrogen (secondary N) is 2. The Morgan fingerprint density at radius 1 is 1.03 bits per heavy atom. The highest BCUT2D eigenvalue weighted by atomic mass is 19.4. The van der Waals surface area contributed by atoms with Crippen LogP contribution in [-0.4, -0.2) is 28.9 Å². The van der Waals surface area contributed by atoms with Crippen molar-refractivity contribution in [1.29, 1.82) is 0 Å². The molecule has 3 aromatic rings. The van der Waals surface area contributed by atoms with Crippen molar-refractivity contribution >= 4 is 11.5 Å². The summed E-state index contributed by atoms with van der Waals surface area (Å²) in [4.78, 5) is 2.18. The number of alkyl halides is 3. The lowest BCUT2D eigenvalue weighted by molar-refractivity contribution is -0.138. The third-order valence-corrected chi connectivity index (χ3v) is 7.42. The number of anilines is 2. The van der Waals surface area contributed by atoms with Crippen molar-refractivity contribution in [3.63, 3.8) is 0 Å². The van der Waals surface area contributed by atoms with Crippen LogP contribution in [0.2, 0.25) is 0 Å². The van der Waals surface area contributed by atoms with E-state index in [0.717, 1.165) is 61.7 Å². The first-order valence-electron chi connectivity index (χ1n) is 12.9. The summed E-state index contributed by atoms with van der Waals surface area (Å²) >= 11 is 0. The van der Waals surface area contributed by atoms with E-state index >= 15 is 0 Å². The summed E-state index contributed by atoms with van der Waals surface area (Å²) in [7, 11) is 1.80. The average molecular weight is 516 g/mol. The first kappa shape index (κ1) is 25.6. The highest BCUT2D eigenvalue weighted by Gasteiger charge is 2.33. The number of aromatic nitrogens is 2. The Morgan fingerprint density at radius 2 is 1.76 bits per heavy atom. The summed E-state index contributed by atoms with van der Waals surface area (Å²) in [5.41, 5.74) is 2.35. The van der Waals surface area contributed by atoms with E-state index < -0.39 is 11.7 Å². The number of rotatable bonds is 8. The number of hydrogen-bond donors (Lipinski definition) is 2. The van der Waals surface area contributed by atoms with Crippen LogP contribution in [0.15, 0.2) is 48.7 Å².